The van der Waals surface area contributed by atoms with E-state index >= 15 is 0 Å². The Morgan fingerprint density at radius 2 is 1.90 bits per heavy atom. The molecule has 30 heavy (non-hydrogen) atoms. The number of carbonyl (C=O) groups is 2. The van der Waals surface area contributed by atoms with Crippen LogP contribution >= 0.6 is 0 Å². The molecule has 0 aliphatic carbocycles. The Balaban J connectivity index is 1.78. The summed E-state index contributed by atoms with van der Waals surface area (Å²) < 4.78 is 5.53. The zero-order chi connectivity index (χ0) is 21.7. The van der Waals surface area contributed by atoms with Gasteiger partial charge in [0.2, 0.25) is 0 Å². The first kappa shape index (κ1) is 21.8. The van der Waals surface area contributed by atoms with Crippen LogP contribution in [0.2, 0.25) is 0 Å². The van der Waals surface area contributed by atoms with Crippen molar-refractivity contribution in [3.8, 4) is 0 Å². The first-order valence-electron chi connectivity index (χ1n) is 10.6. The zero-order valence-electron chi connectivity index (χ0n) is 18.3. The molecule has 0 spiro atoms. The Kier molecular flexibility index (Phi) is 6.75. The number of aromatic nitrogens is 1. The lowest BCUT2D eigenvalue weighted by Gasteiger charge is -2.27. The van der Waals surface area contributed by atoms with Crippen molar-refractivity contribution < 1.29 is 14.3 Å². The zero-order valence-corrected chi connectivity index (χ0v) is 18.3. The van der Waals surface area contributed by atoms with Crippen LogP contribution in [0.3, 0.4) is 0 Å². The van der Waals surface area contributed by atoms with E-state index in [2.05, 4.69) is 4.98 Å². The van der Waals surface area contributed by atoms with Gasteiger partial charge in [0.25, 0.3) is 5.91 Å². The minimum atomic E-state index is -0.564. The molecule has 2 heterocycles. The monoisotopic (exact) mass is 409 g/mol. The number of likely N-dealkylation sites (tertiary alicyclic amines) is 1. The molecular formula is C24H31N3O3. The Bertz CT molecular complexity index is 860. The molecule has 1 fully saturated rings. The van der Waals surface area contributed by atoms with Crippen molar-refractivity contribution in [2.75, 3.05) is 18.0 Å². The van der Waals surface area contributed by atoms with Gasteiger partial charge in [-0.1, -0.05) is 31.2 Å². The number of ether oxygens (including phenoxy) is 1. The first-order valence-corrected chi connectivity index (χ1v) is 10.6. The molecule has 2 aromatic rings. The Morgan fingerprint density at radius 1 is 1.17 bits per heavy atom. The van der Waals surface area contributed by atoms with Crippen LogP contribution in [0, 0.1) is 0 Å². The molecule has 0 bridgehead atoms. The maximum atomic E-state index is 12.9. The third-order valence-corrected chi connectivity index (χ3v) is 5.03. The SMILES string of the molecule is CCCN(C(=O)OC(C)(C)C)c1ccc([C@@H]2CCCN2C(=O)c2ccccc2)cn1. The summed E-state index contributed by atoms with van der Waals surface area (Å²) in [6, 6.07) is 13.2. The van der Waals surface area contributed by atoms with Gasteiger partial charge in [0.15, 0.2) is 0 Å². The molecule has 0 radical (unpaired) electrons. The normalized spacial score (nSPS) is 16.4. The second kappa shape index (κ2) is 9.28. The summed E-state index contributed by atoms with van der Waals surface area (Å²) >= 11 is 0. The predicted octanol–water partition coefficient (Wildman–Crippen LogP) is 5.21. The van der Waals surface area contributed by atoms with E-state index < -0.39 is 11.7 Å². The molecule has 1 aromatic carbocycles. The van der Waals surface area contributed by atoms with Crippen molar-refractivity contribution in [3.63, 3.8) is 0 Å². The summed E-state index contributed by atoms with van der Waals surface area (Å²) in [7, 11) is 0. The molecule has 0 N–H and O–H groups in total. The number of hydrogen-bond acceptors (Lipinski definition) is 4. The van der Waals surface area contributed by atoms with Crippen molar-refractivity contribution >= 4 is 17.8 Å². The molecular weight excluding hydrogens is 378 g/mol. The summed E-state index contributed by atoms with van der Waals surface area (Å²) in [5.41, 5.74) is 1.12. The molecule has 1 atom stereocenters. The molecule has 6 nitrogen and oxygen atoms in total. The van der Waals surface area contributed by atoms with E-state index in [0.29, 0.717) is 17.9 Å². The maximum Gasteiger partial charge on any atom is 0.416 e. The van der Waals surface area contributed by atoms with Crippen LogP contribution in [0.25, 0.3) is 0 Å². The van der Waals surface area contributed by atoms with E-state index in [1.54, 1.807) is 11.1 Å². The van der Waals surface area contributed by atoms with Gasteiger partial charge in [0.05, 0.1) is 6.04 Å². The van der Waals surface area contributed by atoms with Crippen LogP contribution < -0.4 is 4.90 Å². The van der Waals surface area contributed by atoms with Crippen molar-refractivity contribution in [1.82, 2.24) is 9.88 Å². The molecule has 1 aliphatic rings. The lowest BCUT2D eigenvalue weighted by atomic mass is 10.1. The van der Waals surface area contributed by atoms with Gasteiger partial charge in [-0.2, -0.15) is 0 Å². The molecule has 1 aliphatic heterocycles. The lowest BCUT2D eigenvalue weighted by molar-refractivity contribution is 0.0579. The van der Waals surface area contributed by atoms with Gasteiger partial charge in [-0.05, 0) is 63.8 Å². The van der Waals surface area contributed by atoms with E-state index in [1.807, 2.05) is 75.1 Å². The summed E-state index contributed by atoms with van der Waals surface area (Å²) in [5.74, 6) is 0.609. The van der Waals surface area contributed by atoms with Gasteiger partial charge in [-0.15, -0.1) is 0 Å². The highest BCUT2D eigenvalue weighted by Crippen LogP contribution is 2.33. The second-order valence-electron chi connectivity index (χ2n) is 8.60. The average molecular weight is 410 g/mol. The first-order chi connectivity index (χ1) is 14.3. The van der Waals surface area contributed by atoms with Crippen LogP contribution in [-0.2, 0) is 4.74 Å². The summed E-state index contributed by atoms with van der Waals surface area (Å²) in [6.45, 7) is 8.83. The number of hydrogen-bond donors (Lipinski definition) is 0. The van der Waals surface area contributed by atoms with E-state index in [4.69, 9.17) is 4.74 Å². The standard InChI is InChI=1S/C24H31N3O3/c1-5-15-27(23(29)30-24(2,3)4)21-14-13-19(17-25-21)20-12-9-16-26(20)22(28)18-10-7-6-8-11-18/h6-8,10-11,13-14,17,20H,5,9,12,15-16H2,1-4H3/t20-/m0/s1. The largest absolute Gasteiger partial charge is 0.443 e. The molecule has 6 heteroatoms. The number of carbonyl (C=O) groups excluding carboxylic acids is 2. The Morgan fingerprint density at radius 3 is 2.50 bits per heavy atom. The number of benzene rings is 1. The summed E-state index contributed by atoms with van der Waals surface area (Å²) in [6.07, 6.45) is 4.05. The van der Waals surface area contributed by atoms with E-state index in [-0.39, 0.29) is 11.9 Å². The minimum absolute atomic E-state index is 0.000378. The summed E-state index contributed by atoms with van der Waals surface area (Å²) in [4.78, 5) is 33.6. The minimum Gasteiger partial charge on any atom is -0.443 e. The van der Waals surface area contributed by atoms with Crippen molar-refractivity contribution in [3.05, 3.63) is 59.8 Å². The van der Waals surface area contributed by atoms with E-state index in [0.717, 1.165) is 31.4 Å². The summed E-state index contributed by atoms with van der Waals surface area (Å²) in [5, 5.41) is 0. The Labute approximate surface area is 178 Å². The third-order valence-electron chi connectivity index (χ3n) is 5.03. The van der Waals surface area contributed by atoms with Gasteiger partial charge in [0, 0.05) is 24.8 Å². The highest BCUT2D eigenvalue weighted by Gasteiger charge is 2.31. The molecule has 160 valence electrons. The fourth-order valence-electron chi connectivity index (χ4n) is 3.70. The average Bonchev–Trinajstić information content (AvgIpc) is 3.21. The van der Waals surface area contributed by atoms with E-state index in [9.17, 15) is 9.59 Å². The van der Waals surface area contributed by atoms with Crippen LogP contribution in [0.4, 0.5) is 10.6 Å². The van der Waals surface area contributed by atoms with Gasteiger partial charge in [-0.3, -0.25) is 9.69 Å². The molecule has 1 saturated heterocycles. The van der Waals surface area contributed by atoms with Gasteiger partial charge in [0.1, 0.15) is 11.4 Å². The highest BCUT2D eigenvalue weighted by molar-refractivity contribution is 5.94. The molecule has 2 amide bonds. The fraction of sp³-hybridized carbons (Fsp3) is 0.458. The van der Waals surface area contributed by atoms with Gasteiger partial charge in [-0.25, -0.2) is 9.78 Å². The molecule has 0 saturated carbocycles. The Hall–Kier alpha value is -2.89. The van der Waals surface area contributed by atoms with E-state index in [1.165, 1.54) is 0 Å². The van der Waals surface area contributed by atoms with Gasteiger partial charge < -0.3 is 9.64 Å². The lowest BCUT2D eigenvalue weighted by Crippen LogP contribution is -2.38. The number of pyridine rings is 1. The highest BCUT2D eigenvalue weighted by atomic mass is 16.6. The van der Waals surface area contributed by atoms with Crippen LogP contribution in [0.15, 0.2) is 48.7 Å². The van der Waals surface area contributed by atoms with Crippen LogP contribution in [-0.4, -0.2) is 40.6 Å². The molecule has 3 rings (SSSR count). The van der Waals surface area contributed by atoms with Crippen LogP contribution in [0.5, 0.6) is 0 Å². The van der Waals surface area contributed by atoms with Crippen molar-refractivity contribution in [2.24, 2.45) is 0 Å². The second-order valence-corrected chi connectivity index (χ2v) is 8.60. The smallest absolute Gasteiger partial charge is 0.416 e. The number of nitrogens with zero attached hydrogens (tertiary/aromatic N) is 3. The fourth-order valence-corrected chi connectivity index (χ4v) is 3.70. The van der Waals surface area contributed by atoms with Crippen molar-refractivity contribution in [2.45, 2.75) is 58.6 Å². The van der Waals surface area contributed by atoms with Crippen molar-refractivity contribution in [1.29, 1.82) is 0 Å². The topological polar surface area (TPSA) is 62.7 Å². The maximum absolute atomic E-state index is 12.9. The van der Waals surface area contributed by atoms with Gasteiger partial charge >= 0.3 is 6.09 Å². The third kappa shape index (κ3) is 5.17. The van der Waals surface area contributed by atoms with Crippen LogP contribution in [0.1, 0.15) is 68.9 Å². The predicted molar refractivity (Wildman–Crippen MR) is 118 cm³/mol. The number of rotatable bonds is 5. The quantitative estimate of drug-likeness (QED) is 0.680. The molecule has 1 aromatic heterocycles. The molecule has 0 unspecified atom stereocenters. The number of amides is 2. The number of anilines is 1.